The molecule has 0 bridgehead atoms. The molecule has 0 unspecified atom stereocenters. The Kier molecular flexibility index (Phi) is 7.64. The predicted molar refractivity (Wildman–Crippen MR) is 148 cm³/mol. The van der Waals surface area contributed by atoms with E-state index in [4.69, 9.17) is 14.2 Å². The molecule has 0 spiro atoms. The highest BCUT2D eigenvalue weighted by Gasteiger charge is 2.60. The molecule has 2 atom stereocenters. The van der Waals surface area contributed by atoms with Gasteiger partial charge in [-0.15, -0.1) is 0 Å². The Morgan fingerprint density at radius 3 is 1.74 bits per heavy atom. The summed E-state index contributed by atoms with van der Waals surface area (Å²) >= 11 is 0. The molecule has 0 aliphatic heterocycles. The third kappa shape index (κ3) is 4.98. The van der Waals surface area contributed by atoms with Gasteiger partial charge >= 0.3 is 11.9 Å². The van der Waals surface area contributed by atoms with Gasteiger partial charge in [0.1, 0.15) is 18.1 Å². The van der Waals surface area contributed by atoms with Crippen molar-refractivity contribution >= 4 is 11.9 Å². The Labute approximate surface area is 227 Å². The van der Waals surface area contributed by atoms with Gasteiger partial charge in [0.25, 0.3) is 0 Å². The molecular weight excluding hydrogens is 492 g/mol. The van der Waals surface area contributed by atoms with Crippen LogP contribution in [-0.4, -0.2) is 31.3 Å². The summed E-state index contributed by atoms with van der Waals surface area (Å²) in [4.78, 5) is 26.5. The number of aliphatic carboxylic acids is 1. The highest BCUT2D eigenvalue weighted by molar-refractivity contribution is 5.85. The summed E-state index contributed by atoms with van der Waals surface area (Å²) < 4.78 is 17.1. The molecule has 0 saturated heterocycles. The second kappa shape index (κ2) is 11.4. The molecule has 1 N–H and O–H groups in total. The SMILES string of the molecule is COc1ccccc1[C@H]1C(C(=O)O)[C@H](c2ccccc2OC)C1C(=O)OCc1ccccc1-c1ccccc1. The van der Waals surface area contributed by atoms with Crippen LogP contribution in [0.1, 0.15) is 28.5 Å². The number of carbonyl (C=O) groups excluding carboxylic acids is 1. The fourth-order valence-electron chi connectivity index (χ4n) is 5.80. The first-order valence-electron chi connectivity index (χ1n) is 12.8. The van der Waals surface area contributed by atoms with Crippen molar-refractivity contribution in [2.75, 3.05) is 14.2 Å². The van der Waals surface area contributed by atoms with Crippen molar-refractivity contribution in [1.82, 2.24) is 0 Å². The Morgan fingerprint density at radius 2 is 1.18 bits per heavy atom. The van der Waals surface area contributed by atoms with Gasteiger partial charge < -0.3 is 19.3 Å². The van der Waals surface area contributed by atoms with Gasteiger partial charge in [0, 0.05) is 11.8 Å². The summed E-state index contributed by atoms with van der Waals surface area (Å²) in [6, 6.07) is 32.2. The third-order valence-corrected chi connectivity index (χ3v) is 7.57. The maximum Gasteiger partial charge on any atom is 0.310 e. The molecule has 4 aromatic carbocycles. The summed E-state index contributed by atoms with van der Waals surface area (Å²) in [6.07, 6.45) is 0. The molecule has 0 aromatic heterocycles. The van der Waals surface area contributed by atoms with Crippen LogP contribution >= 0.6 is 0 Å². The predicted octanol–water partition coefficient (Wildman–Crippen LogP) is 6.31. The molecule has 1 fully saturated rings. The van der Waals surface area contributed by atoms with Gasteiger partial charge in [-0.1, -0.05) is 91.0 Å². The van der Waals surface area contributed by atoms with E-state index in [0.717, 1.165) is 16.7 Å². The summed E-state index contributed by atoms with van der Waals surface area (Å²) in [7, 11) is 3.08. The zero-order valence-corrected chi connectivity index (χ0v) is 21.8. The topological polar surface area (TPSA) is 82.1 Å². The Bertz CT molecular complexity index is 1410. The van der Waals surface area contributed by atoms with E-state index in [-0.39, 0.29) is 6.61 Å². The highest BCUT2D eigenvalue weighted by atomic mass is 16.5. The lowest BCUT2D eigenvalue weighted by Gasteiger charge is -2.49. The van der Waals surface area contributed by atoms with E-state index in [1.165, 1.54) is 0 Å². The molecule has 1 saturated carbocycles. The number of rotatable bonds is 9. The van der Waals surface area contributed by atoms with Crippen LogP contribution < -0.4 is 9.47 Å². The van der Waals surface area contributed by atoms with E-state index in [9.17, 15) is 14.7 Å². The lowest BCUT2D eigenvalue weighted by atomic mass is 9.52. The molecule has 6 heteroatoms. The maximum absolute atomic E-state index is 13.9. The molecule has 5 rings (SSSR count). The molecule has 1 aliphatic rings. The number of hydrogen-bond acceptors (Lipinski definition) is 5. The quantitative estimate of drug-likeness (QED) is 0.259. The van der Waals surface area contributed by atoms with Crippen molar-refractivity contribution in [3.63, 3.8) is 0 Å². The van der Waals surface area contributed by atoms with Crippen LogP contribution in [0.15, 0.2) is 103 Å². The van der Waals surface area contributed by atoms with Gasteiger partial charge in [-0.2, -0.15) is 0 Å². The van der Waals surface area contributed by atoms with Crippen molar-refractivity contribution in [3.05, 3.63) is 120 Å². The van der Waals surface area contributed by atoms with E-state index in [0.29, 0.717) is 22.6 Å². The first-order chi connectivity index (χ1) is 19.0. The molecule has 198 valence electrons. The van der Waals surface area contributed by atoms with Gasteiger partial charge in [0.05, 0.1) is 26.1 Å². The average Bonchev–Trinajstić information content (AvgIpc) is 2.96. The van der Waals surface area contributed by atoms with Gasteiger partial charge in [-0.05, 0) is 39.9 Å². The maximum atomic E-state index is 13.9. The Hall–Kier alpha value is -4.58. The second-order valence-corrected chi connectivity index (χ2v) is 9.56. The van der Waals surface area contributed by atoms with E-state index in [2.05, 4.69) is 0 Å². The number of ether oxygens (including phenoxy) is 3. The van der Waals surface area contributed by atoms with Gasteiger partial charge in [0.15, 0.2) is 0 Å². The Balaban J connectivity index is 1.52. The van der Waals surface area contributed by atoms with Crippen LogP contribution in [0.5, 0.6) is 11.5 Å². The smallest absolute Gasteiger partial charge is 0.310 e. The second-order valence-electron chi connectivity index (χ2n) is 9.56. The van der Waals surface area contributed by atoms with Gasteiger partial charge in [-0.25, -0.2) is 0 Å². The number of carboxylic acids is 1. The molecule has 4 aromatic rings. The summed E-state index contributed by atoms with van der Waals surface area (Å²) in [6.45, 7) is 0.0649. The lowest BCUT2D eigenvalue weighted by Crippen LogP contribution is -2.51. The number of carbonyl (C=O) groups is 2. The normalized spacial score (nSPS) is 19.9. The monoisotopic (exact) mass is 522 g/mol. The summed E-state index contributed by atoms with van der Waals surface area (Å²) in [5.41, 5.74) is 4.22. The third-order valence-electron chi connectivity index (χ3n) is 7.57. The molecule has 1 aliphatic carbocycles. The van der Waals surface area contributed by atoms with Crippen LogP contribution in [0.4, 0.5) is 0 Å². The van der Waals surface area contributed by atoms with Crippen LogP contribution in [0, 0.1) is 11.8 Å². The van der Waals surface area contributed by atoms with Crippen molar-refractivity contribution in [2.45, 2.75) is 18.4 Å². The summed E-state index contributed by atoms with van der Waals surface area (Å²) in [5, 5.41) is 10.4. The first-order valence-corrected chi connectivity index (χ1v) is 12.8. The molecular formula is C33H30O6. The minimum absolute atomic E-state index is 0.0649. The zero-order chi connectivity index (χ0) is 27.4. The van der Waals surface area contributed by atoms with E-state index < -0.39 is 35.6 Å². The molecule has 39 heavy (non-hydrogen) atoms. The van der Waals surface area contributed by atoms with Crippen molar-refractivity contribution in [1.29, 1.82) is 0 Å². The number of para-hydroxylation sites is 2. The minimum Gasteiger partial charge on any atom is -0.496 e. The van der Waals surface area contributed by atoms with Crippen molar-refractivity contribution < 1.29 is 28.9 Å². The van der Waals surface area contributed by atoms with Crippen LogP contribution in [0.25, 0.3) is 11.1 Å². The minimum atomic E-state index is -0.986. The first kappa shape index (κ1) is 26.0. The van der Waals surface area contributed by atoms with E-state index in [1.54, 1.807) is 26.4 Å². The van der Waals surface area contributed by atoms with Gasteiger partial charge in [-0.3, -0.25) is 9.59 Å². The average molecular weight is 523 g/mol. The fourth-order valence-corrected chi connectivity index (χ4v) is 5.80. The molecule has 0 heterocycles. The molecule has 6 nitrogen and oxygen atoms in total. The van der Waals surface area contributed by atoms with Crippen LogP contribution in [-0.2, 0) is 20.9 Å². The van der Waals surface area contributed by atoms with E-state index >= 15 is 0 Å². The number of carboxylic acid groups (broad SMARTS) is 1. The van der Waals surface area contributed by atoms with Gasteiger partial charge in [0.2, 0.25) is 0 Å². The van der Waals surface area contributed by atoms with Crippen molar-refractivity contribution in [3.8, 4) is 22.6 Å². The number of hydrogen-bond donors (Lipinski definition) is 1. The summed E-state index contributed by atoms with van der Waals surface area (Å²) in [5.74, 6) is -3.24. The van der Waals surface area contributed by atoms with E-state index in [1.807, 2.05) is 91.0 Å². The molecule has 0 amide bonds. The zero-order valence-electron chi connectivity index (χ0n) is 21.8. The van der Waals surface area contributed by atoms with Crippen molar-refractivity contribution in [2.24, 2.45) is 11.8 Å². The number of esters is 1. The standard InChI is InChI=1S/C33H30O6/c1-37-26-18-10-8-16-24(26)28-30(32(34)35)29(25-17-9-11-19-27(25)38-2)31(28)33(36)39-20-22-14-6-7-15-23(22)21-12-4-3-5-13-21/h3-19,28-31H,20H2,1-2H3,(H,34,35)/t28-,29-,30?,31?/m0/s1. The van der Waals surface area contributed by atoms with Crippen LogP contribution in [0.2, 0.25) is 0 Å². The molecule has 0 radical (unpaired) electrons. The van der Waals surface area contributed by atoms with Crippen LogP contribution in [0.3, 0.4) is 0 Å². The largest absolute Gasteiger partial charge is 0.496 e. The number of benzene rings is 4. The number of methoxy groups -OCH3 is 2. The Morgan fingerprint density at radius 1 is 0.667 bits per heavy atom. The lowest BCUT2D eigenvalue weighted by molar-refractivity contribution is -0.165. The highest BCUT2D eigenvalue weighted by Crippen LogP contribution is 2.60. The fraction of sp³-hybridized carbons (Fsp3) is 0.212.